The highest BCUT2D eigenvalue weighted by atomic mass is 16.1. The van der Waals surface area contributed by atoms with Gasteiger partial charge in [0, 0.05) is 11.8 Å². The smallest absolute Gasteiger partial charge is 0.126 e. The maximum atomic E-state index is 10.3. The van der Waals surface area contributed by atoms with Crippen molar-refractivity contribution in [2.45, 2.75) is 25.7 Å². The molecule has 2 heteroatoms. The van der Waals surface area contributed by atoms with Crippen LogP contribution < -0.4 is 0 Å². The molecule has 0 saturated heterocycles. The Morgan fingerprint density at radius 1 is 1.67 bits per heavy atom. The second kappa shape index (κ2) is 2.18. The van der Waals surface area contributed by atoms with Crippen LogP contribution in [0.15, 0.2) is 0 Å². The Kier molecular flexibility index (Phi) is 1.52. The maximum absolute atomic E-state index is 10.3. The van der Waals surface area contributed by atoms with E-state index in [1.807, 2.05) is 6.07 Å². The summed E-state index contributed by atoms with van der Waals surface area (Å²) < 4.78 is 0. The molecule has 0 unspecified atom stereocenters. The molecule has 0 amide bonds. The normalized spacial score (nSPS) is 20.3. The van der Waals surface area contributed by atoms with Crippen molar-refractivity contribution in [3.8, 4) is 6.07 Å². The first-order valence-electron chi connectivity index (χ1n) is 3.16. The Balaban J connectivity index is 2.27. The molecule has 0 aliphatic heterocycles. The van der Waals surface area contributed by atoms with E-state index < -0.39 is 0 Å². The molecular formula is C7H9NO. The van der Waals surface area contributed by atoms with Crippen LogP contribution in [0, 0.1) is 16.7 Å². The summed E-state index contributed by atoms with van der Waals surface area (Å²) in [4.78, 5) is 10.3. The Morgan fingerprint density at radius 2 is 2.33 bits per heavy atom. The monoisotopic (exact) mass is 123 g/mol. The van der Waals surface area contributed by atoms with E-state index in [2.05, 4.69) is 0 Å². The minimum Gasteiger partial charge on any atom is -0.303 e. The Morgan fingerprint density at radius 3 is 2.67 bits per heavy atom. The van der Waals surface area contributed by atoms with Crippen molar-refractivity contribution in [1.82, 2.24) is 0 Å². The number of nitrogens with zero attached hydrogens (tertiary/aromatic N) is 1. The molecule has 0 heterocycles. The van der Waals surface area contributed by atoms with E-state index in [1.165, 1.54) is 0 Å². The fourth-order valence-corrected chi connectivity index (χ4v) is 0.892. The van der Waals surface area contributed by atoms with Gasteiger partial charge in [0.25, 0.3) is 0 Å². The lowest BCUT2D eigenvalue weighted by atomic mass is 10.0. The number of carbonyl (C=O) groups is 1. The number of carbonyl (C=O) groups excluding carboxylic acids is 1. The first-order chi connectivity index (χ1) is 4.33. The molecule has 1 fully saturated rings. The van der Waals surface area contributed by atoms with Gasteiger partial charge in [0.05, 0.1) is 6.07 Å². The van der Waals surface area contributed by atoms with Gasteiger partial charge in [0.2, 0.25) is 0 Å². The molecule has 0 spiro atoms. The summed E-state index contributed by atoms with van der Waals surface area (Å²) in [5, 5.41) is 8.19. The second-order valence-electron chi connectivity index (χ2n) is 2.64. The third kappa shape index (κ3) is 1.29. The van der Waals surface area contributed by atoms with Crippen LogP contribution in [0.3, 0.4) is 0 Å². The predicted molar refractivity (Wildman–Crippen MR) is 32.6 cm³/mol. The highest BCUT2D eigenvalue weighted by Crippen LogP contribution is 2.47. The van der Waals surface area contributed by atoms with E-state index in [1.54, 1.807) is 0 Å². The Hall–Kier alpha value is -0.840. The lowest BCUT2D eigenvalue weighted by molar-refractivity contribution is -0.112. The van der Waals surface area contributed by atoms with Gasteiger partial charge in [0.1, 0.15) is 6.29 Å². The van der Waals surface area contributed by atoms with Gasteiger partial charge < -0.3 is 4.79 Å². The Labute approximate surface area is 54.5 Å². The van der Waals surface area contributed by atoms with E-state index in [-0.39, 0.29) is 5.41 Å². The third-order valence-electron chi connectivity index (χ3n) is 1.88. The molecule has 0 N–H and O–H groups in total. The van der Waals surface area contributed by atoms with Crippen LogP contribution in [0.5, 0.6) is 0 Å². The van der Waals surface area contributed by atoms with E-state index in [4.69, 9.17) is 5.26 Å². The minimum absolute atomic E-state index is 0.0598. The summed E-state index contributed by atoms with van der Waals surface area (Å²) >= 11 is 0. The van der Waals surface area contributed by atoms with Crippen molar-refractivity contribution < 1.29 is 4.79 Å². The largest absolute Gasteiger partial charge is 0.303 e. The SMILES string of the molecule is N#CCCC1(C=O)CC1. The third-order valence-corrected chi connectivity index (χ3v) is 1.88. The van der Waals surface area contributed by atoms with E-state index >= 15 is 0 Å². The van der Waals surface area contributed by atoms with Crippen LogP contribution in [-0.2, 0) is 4.79 Å². The molecule has 1 aliphatic rings. The summed E-state index contributed by atoms with van der Waals surface area (Å²) in [5.41, 5.74) is -0.0598. The molecule has 1 aliphatic carbocycles. The van der Waals surface area contributed by atoms with Gasteiger partial charge in [-0.2, -0.15) is 5.26 Å². The molecule has 2 nitrogen and oxygen atoms in total. The summed E-state index contributed by atoms with van der Waals surface area (Å²) in [6.45, 7) is 0. The molecule has 0 radical (unpaired) electrons. The minimum atomic E-state index is -0.0598. The number of nitriles is 1. The van der Waals surface area contributed by atoms with Crippen molar-refractivity contribution in [3.63, 3.8) is 0 Å². The summed E-state index contributed by atoms with van der Waals surface area (Å²) in [6.07, 6.45) is 4.30. The van der Waals surface area contributed by atoms with Crippen molar-refractivity contribution in [3.05, 3.63) is 0 Å². The van der Waals surface area contributed by atoms with E-state index in [9.17, 15) is 4.79 Å². The highest BCUT2D eigenvalue weighted by Gasteiger charge is 2.41. The topological polar surface area (TPSA) is 40.9 Å². The van der Waals surface area contributed by atoms with E-state index in [0.717, 1.165) is 25.5 Å². The molecule has 48 valence electrons. The maximum Gasteiger partial charge on any atom is 0.126 e. The van der Waals surface area contributed by atoms with Crippen LogP contribution in [0.2, 0.25) is 0 Å². The number of hydrogen-bond donors (Lipinski definition) is 0. The van der Waals surface area contributed by atoms with Crippen molar-refractivity contribution in [2.24, 2.45) is 5.41 Å². The first-order valence-corrected chi connectivity index (χ1v) is 3.16. The average Bonchev–Trinajstić information content (AvgIpc) is 2.65. The molecule has 1 saturated carbocycles. The van der Waals surface area contributed by atoms with Crippen LogP contribution in [-0.4, -0.2) is 6.29 Å². The zero-order valence-corrected chi connectivity index (χ0v) is 5.26. The number of aldehydes is 1. The van der Waals surface area contributed by atoms with Crippen molar-refractivity contribution >= 4 is 6.29 Å². The fourth-order valence-electron chi connectivity index (χ4n) is 0.892. The van der Waals surface area contributed by atoms with Gasteiger partial charge in [0.15, 0.2) is 0 Å². The van der Waals surface area contributed by atoms with E-state index in [0.29, 0.717) is 6.42 Å². The summed E-state index contributed by atoms with van der Waals surface area (Å²) in [6, 6.07) is 2.04. The Bertz CT molecular complexity index is 153. The second-order valence-corrected chi connectivity index (χ2v) is 2.64. The zero-order valence-electron chi connectivity index (χ0n) is 5.26. The standard InChI is InChI=1S/C7H9NO/c8-5-1-2-7(6-9)3-4-7/h6H,1-4H2. The van der Waals surface area contributed by atoms with Crippen molar-refractivity contribution in [2.75, 3.05) is 0 Å². The molecule has 9 heavy (non-hydrogen) atoms. The fraction of sp³-hybridized carbons (Fsp3) is 0.714. The van der Waals surface area contributed by atoms with Gasteiger partial charge in [-0.15, -0.1) is 0 Å². The lowest BCUT2D eigenvalue weighted by Crippen LogP contribution is -1.99. The van der Waals surface area contributed by atoms with Crippen LogP contribution in [0.1, 0.15) is 25.7 Å². The predicted octanol–water partition coefficient (Wildman–Crippen LogP) is 1.27. The number of rotatable bonds is 3. The zero-order chi connectivity index (χ0) is 6.74. The first kappa shape index (κ1) is 6.28. The van der Waals surface area contributed by atoms with Gasteiger partial charge in [-0.3, -0.25) is 0 Å². The average molecular weight is 123 g/mol. The molecule has 0 aromatic rings. The number of hydrogen-bond acceptors (Lipinski definition) is 2. The van der Waals surface area contributed by atoms with Crippen LogP contribution >= 0.6 is 0 Å². The molecule has 1 rings (SSSR count). The molecule has 0 aromatic heterocycles. The van der Waals surface area contributed by atoms with Gasteiger partial charge in [-0.25, -0.2) is 0 Å². The van der Waals surface area contributed by atoms with Gasteiger partial charge >= 0.3 is 0 Å². The van der Waals surface area contributed by atoms with Crippen LogP contribution in [0.25, 0.3) is 0 Å². The summed E-state index contributed by atoms with van der Waals surface area (Å²) in [5.74, 6) is 0. The summed E-state index contributed by atoms with van der Waals surface area (Å²) in [7, 11) is 0. The van der Waals surface area contributed by atoms with Gasteiger partial charge in [-0.05, 0) is 19.3 Å². The molecule has 0 aromatic carbocycles. The van der Waals surface area contributed by atoms with Gasteiger partial charge in [-0.1, -0.05) is 0 Å². The van der Waals surface area contributed by atoms with Crippen LogP contribution in [0.4, 0.5) is 0 Å². The molecule has 0 atom stereocenters. The molecule has 0 bridgehead atoms. The van der Waals surface area contributed by atoms with Crippen molar-refractivity contribution in [1.29, 1.82) is 5.26 Å². The quantitative estimate of drug-likeness (QED) is 0.530. The molecular weight excluding hydrogens is 114 g/mol. The highest BCUT2D eigenvalue weighted by molar-refractivity contribution is 5.63. The lowest BCUT2D eigenvalue weighted by Gasteiger charge is -1.98.